The van der Waals surface area contributed by atoms with Crippen molar-refractivity contribution in [1.29, 1.82) is 0 Å². The molecule has 12 heavy (non-hydrogen) atoms. The average Bonchev–Trinajstić information content (AvgIpc) is 2.05. The zero-order valence-electron chi connectivity index (χ0n) is 6.08. The van der Waals surface area contributed by atoms with Gasteiger partial charge in [0.1, 0.15) is 5.82 Å². The van der Waals surface area contributed by atoms with Crippen molar-refractivity contribution < 1.29 is 25.1 Å². The molecule has 0 saturated carbocycles. The normalized spacial score (nSPS) is 8.83. The van der Waals surface area contributed by atoms with Crippen LogP contribution in [0.4, 0.5) is 8.78 Å². The Labute approximate surface area is 91.3 Å². The second-order valence-corrected chi connectivity index (χ2v) is 2.26. The van der Waals surface area contributed by atoms with Crippen LogP contribution in [0.3, 0.4) is 0 Å². The van der Waals surface area contributed by atoms with Crippen LogP contribution in [-0.4, -0.2) is 0 Å². The molecule has 0 bridgehead atoms. The molecule has 62 valence electrons. The molecule has 0 aromatic heterocycles. The summed E-state index contributed by atoms with van der Waals surface area (Å²) in [6, 6.07) is 1.86. The van der Waals surface area contributed by atoms with E-state index in [1.54, 1.807) is 0 Å². The molecule has 0 atom stereocenters. The van der Waals surface area contributed by atoms with Gasteiger partial charge in [0.2, 0.25) is 0 Å². The Hall–Kier alpha value is 0.343. The molecule has 0 N–H and O–H groups in total. The molecular formula is C7H4BrClF2Zn. The summed E-state index contributed by atoms with van der Waals surface area (Å²) >= 11 is 9.55. The van der Waals surface area contributed by atoms with Gasteiger partial charge in [0.25, 0.3) is 0 Å². The first-order valence-corrected chi connectivity index (χ1v) is 10.2. The van der Waals surface area contributed by atoms with Crippen molar-refractivity contribution in [2.45, 2.75) is 0 Å². The van der Waals surface area contributed by atoms with E-state index < -0.39 is 11.6 Å². The molecule has 0 aliphatic rings. The molecule has 0 aliphatic carbocycles. The zero-order valence-corrected chi connectivity index (χ0v) is 11.4. The SMILES string of the molecule is [CH2-]c1cc(Cl)c(F)cc1F.[Zn+][Br]. The molecule has 1 aromatic rings. The van der Waals surface area contributed by atoms with Gasteiger partial charge in [-0.15, -0.1) is 6.07 Å². The van der Waals surface area contributed by atoms with Crippen LogP contribution in [0.2, 0.25) is 5.02 Å². The summed E-state index contributed by atoms with van der Waals surface area (Å²) in [6.07, 6.45) is 0. The van der Waals surface area contributed by atoms with Crippen LogP contribution in [0.15, 0.2) is 12.1 Å². The Morgan fingerprint density at radius 2 is 1.75 bits per heavy atom. The summed E-state index contributed by atoms with van der Waals surface area (Å²) < 4.78 is 24.8. The molecule has 0 radical (unpaired) electrons. The van der Waals surface area contributed by atoms with Gasteiger partial charge >= 0.3 is 30.0 Å². The van der Waals surface area contributed by atoms with Gasteiger partial charge in [0.05, 0.1) is 0 Å². The Balaban J connectivity index is 0.000000561. The fraction of sp³-hybridized carbons (Fsp3) is 0. The fourth-order valence-electron chi connectivity index (χ4n) is 0.564. The van der Waals surface area contributed by atoms with Crippen molar-refractivity contribution >= 4 is 25.2 Å². The number of hydrogen-bond acceptors (Lipinski definition) is 0. The first-order chi connectivity index (χ1) is 5.61. The molecular weight excluding hydrogens is 303 g/mol. The van der Waals surface area contributed by atoms with Crippen LogP contribution in [0.1, 0.15) is 5.56 Å². The van der Waals surface area contributed by atoms with Gasteiger partial charge in [-0.3, -0.25) is 4.39 Å². The Morgan fingerprint density at radius 3 is 2.17 bits per heavy atom. The van der Waals surface area contributed by atoms with Gasteiger partial charge in [-0.2, -0.15) is 12.5 Å². The van der Waals surface area contributed by atoms with Crippen LogP contribution < -0.4 is 0 Å². The van der Waals surface area contributed by atoms with Crippen LogP contribution in [0, 0.1) is 18.6 Å². The summed E-state index contributed by atoms with van der Waals surface area (Å²) in [5.41, 5.74) is 0.103. The minimum absolute atomic E-state index is 0.103. The van der Waals surface area contributed by atoms with Crippen molar-refractivity contribution in [1.82, 2.24) is 0 Å². The first kappa shape index (κ1) is 12.3. The summed E-state index contributed by atoms with van der Waals surface area (Å²) in [6.45, 7) is 3.30. The Kier molecular flexibility index (Phi) is 6.07. The second-order valence-electron chi connectivity index (χ2n) is 1.86. The molecule has 5 heteroatoms. The van der Waals surface area contributed by atoms with Crippen LogP contribution in [0.5, 0.6) is 0 Å². The summed E-state index contributed by atoms with van der Waals surface area (Å²) in [5.74, 6) is -1.44. The quantitative estimate of drug-likeness (QED) is 0.390. The third-order valence-corrected chi connectivity index (χ3v) is 1.38. The predicted octanol–water partition coefficient (Wildman–Crippen LogP) is 3.64. The van der Waals surface area contributed by atoms with E-state index >= 15 is 0 Å². The molecule has 0 amide bonds. The van der Waals surface area contributed by atoms with Gasteiger partial charge in [-0.05, 0) is 6.07 Å². The summed E-state index contributed by atoms with van der Waals surface area (Å²) in [7, 11) is 0. The maximum absolute atomic E-state index is 12.4. The predicted molar refractivity (Wildman–Crippen MR) is 44.8 cm³/mol. The van der Waals surface area contributed by atoms with Gasteiger partial charge < -0.3 is 0 Å². The third-order valence-electron chi connectivity index (χ3n) is 1.09. The molecule has 0 spiro atoms. The zero-order chi connectivity index (χ0) is 9.72. The van der Waals surface area contributed by atoms with E-state index in [0.29, 0.717) is 6.07 Å². The third kappa shape index (κ3) is 3.38. The van der Waals surface area contributed by atoms with E-state index in [2.05, 4.69) is 20.5 Å². The van der Waals surface area contributed by atoms with E-state index in [1.165, 1.54) is 16.3 Å². The van der Waals surface area contributed by atoms with Crippen molar-refractivity contribution in [3.63, 3.8) is 0 Å². The van der Waals surface area contributed by atoms with Crippen molar-refractivity contribution in [3.05, 3.63) is 41.3 Å². The van der Waals surface area contributed by atoms with Gasteiger partial charge in [0, 0.05) is 10.8 Å². The van der Waals surface area contributed by atoms with Crippen molar-refractivity contribution in [2.24, 2.45) is 0 Å². The number of rotatable bonds is 0. The first-order valence-electron chi connectivity index (χ1n) is 2.84. The average molecular weight is 307 g/mol. The van der Waals surface area contributed by atoms with Gasteiger partial charge in [-0.1, -0.05) is 11.6 Å². The van der Waals surface area contributed by atoms with Crippen molar-refractivity contribution in [2.75, 3.05) is 0 Å². The number of halogens is 4. The molecule has 1 aromatic carbocycles. The molecule has 1 rings (SSSR count). The van der Waals surface area contributed by atoms with Crippen LogP contribution >= 0.6 is 25.2 Å². The van der Waals surface area contributed by atoms with Gasteiger partial charge in [-0.25, -0.2) is 4.39 Å². The standard InChI is InChI=1S/C7H4ClF2.BrH.Zn/c1-4-2-5(8)7(10)3-6(4)9;;/h2-3H,1H2;1H;/q-1;;+2/p-1. The monoisotopic (exact) mass is 304 g/mol. The summed E-state index contributed by atoms with van der Waals surface area (Å²) in [5, 5.41) is -0.105. The minimum atomic E-state index is -0.758. The number of hydrogen-bond donors (Lipinski definition) is 0. The van der Waals surface area contributed by atoms with E-state index in [-0.39, 0.29) is 10.6 Å². The van der Waals surface area contributed by atoms with E-state index in [0.717, 1.165) is 6.07 Å². The van der Waals surface area contributed by atoms with E-state index in [1.807, 2.05) is 0 Å². The van der Waals surface area contributed by atoms with E-state index in [9.17, 15) is 8.78 Å². The topological polar surface area (TPSA) is 0 Å². The Bertz CT molecular complexity index is 218. The second kappa shape index (κ2) is 5.90. The summed E-state index contributed by atoms with van der Waals surface area (Å²) in [4.78, 5) is 0. The fourth-order valence-corrected chi connectivity index (χ4v) is 0.750. The molecule has 0 fully saturated rings. The molecule has 0 heterocycles. The molecule has 0 unspecified atom stereocenters. The van der Waals surface area contributed by atoms with E-state index in [4.69, 9.17) is 11.6 Å². The molecule has 0 saturated heterocycles. The Morgan fingerprint density at radius 1 is 1.25 bits per heavy atom. The van der Waals surface area contributed by atoms with Crippen molar-refractivity contribution in [3.8, 4) is 0 Å². The maximum atomic E-state index is 12.4. The van der Waals surface area contributed by atoms with Crippen LogP contribution in [-0.2, 0) is 16.3 Å². The molecule has 0 nitrogen and oxygen atoms in total. The molecule has 0 aliphatic heterocycles. The van der Waals surface area contributed by atoms with Crippen LogP contribution in [0.25, 0.3) is 0 Å². The van der Waals surface area contributed by atoms with Gasteiger partial charge in [0.15, 0.2) is 0 Å². The number of benzene rings is 1.